The number of hydrogen-bond acceptors (Lipinski definition) is 4. The lowest BCUT2D eigenvalue weighted by Crippen LogP contribution is -2.42. The van der Waals surface area contributed by atoms with Gasteiger partial charge < -0.3 is 15.7 Å². The molecule has 0 bridgehead atoms. The monoisotopic (exact) mass is 221 g/mol. The topological polar surface area (TPSA) is 79.5 Å². The fraction of sp³-hybridized carbons (Fsp3) is 0.455. The highest BCUT2D eigenvalue weighted by atomic mass is 16.3. The van der Waals surface area contributed by atoms with Gasteiger partial charge in [-0.3, -0.25) is 4.79 Å². The maximum Gasteiger partial charge on any atom is 0.274 e. The van der Waals surface area contributed by atoms with Crippen molar-refractivity contribution < 1.29 is 9.90 Å². The van der Waals surface area contributed by atoms with Crippen molar-refractivity contribution in [1.82, 2.24) is 9.88 Å². The van der Waals surface area contributed by atoms with Gasteiger partial charge in [0.15, 0.2) is 5.69 Å². The predicted molar refractivity (Wildman–Crippen MR) is 59.8 cm³/mol. The van der Waals surface area contributed by atoms with Crippen LogP contribution in [0.25, 0.3) is 0 Å². The standard InChI is InChI=1S/C11H15N3O2/c12-9-4-1-5-13-10(9)11(16)14-6-2-3-8(15)7-14/h1,4-5,8,15H,2-3,6-7,12H2. The van der Waals surface area contributed by atoms with E-state index < -0.39 is 6.10 Å². The van der Waals surface area contributed by atoms with E-state index in [4.69, 9.17) is 5.73 Å². The summed E-state index contributed by atoms with van der Waals surface area (Å²) in [5.41, 5.74) is 6.35. The highest BCUT2D eigenvalue weighted by Gasteiger charge is 2.24. The van der Waals surface area contributed by atoms with E-state index in [0.29, 0.717) is 18.8 Å². The molecule has 86 valence electrons. The van der Waals surface area contributed by atoms with Crippen LogP contribution in [0.3, 0.4) is 0 Å². The Bertz CT molecular complexity index is 395. The second-order valence-electron chi connectivity index (χ2n) is 3.99. The Morgan fingerprint density at radius 3 is 3.12 bits per heavy atom. The number of nitrogens with zero attached hydrogens (tertiary/aromatic N) is 2. The van der Waals surface area contributed by atoms with Crippen molar-refractivity contribution in [2.45, 2.75) is 18.9 Å². The number of β-amino-alcohol motifs (C(OH)–C–C–N with tert-alkyl or cyclic N) is 1. The summed E-state index contributed by atoms with van der Waals surface area (Å²) in [4.78, 5) is 17.6. The third-order valence-corrected chi connectivity index (χ3v) is 2.73. The largest absolute Gasteiger partial charge is 0.397 e. The van der Waals surface area contributed by atoms with Gasteiger partial charge in [-0.15, -0.1) is 0 Å². The number of aliphatic hydroxyl groups is 1. The Labute approximate surface area is 93.9 Å². The zero-order chi connectivity index (χ0) is 11.5. The molecule has 5 nitrogen and oxygen atoms in total. The molecule has 1 saturated heterocycles. The van der Waals surface area contributed by atoms with Gasteiger partial charge in [-0.1, -0.05) is 0 Å². The molecule has 1 fully saturated rings. The molecule has 1 aromatic rings. The first-order valence-electron chi connectivity index (χ1n) is 5.36. The number of carbonyl (C=O) groups is 1. The van der Waals surface area contributed by atoms with Crippen LogP contribution in [0.1, 0.15) is 23.3 Å². The summed E-state index contributed by atoms with van der Waals surface area (Å²) in [5.74, 6) is -0.197. The molecular formula is C11H15N3O2. The molecule has 1 aliphatic heterocycles. The summed E-state index contributed by atoms with van der Waals surface area (Å²) in [7, 11) is 0. The molecule has 1 aromatic heterocycles. The normalized spacial score (nSPS) is 20.8. The maximum atomic E-state index is 12.0. The lowest BCUT2D eigenvalue weighted by atomic mass is 10.1. The third-order valence-electron chi connectivity index (χ3n) is 2.73. The van der Waals surface area contributed by atoms with Crippen LogP contribution in [-0.2, 0) is 0 Å². The SMILES string of the molecule is Nc1cccnc1C(=O)N1CCCC(O)C1. The van der Waals surface area contributed by atoms with Gasteiger partial charge in [0.2, 0.25) is 0 Å². The smallest absolute Gasteiger partial charge is 0.274 e. The Balaban J connectivity index is 2.16. The molecule has 5 heteroatoms. The van der Waals surface area contributed by atoms with E-state index in [1.165, 1.54) is 0 Å². The first-order valence-corrected chi connectivity index (χ1v) is 5.36. The molecule has 1 atom stereocenters. The van der Waals surface area contributed by atoms with Gasteiger partial charge >= 0.3 is 0 Å². The fourth-order valence-corrected chi connectivity index (χ4v) is 1.89. The molecule has 2 heterocycles. The summed E-state index contributed by atoms with van der Waals surface area (Å²) < 4.78 is 0. The molecule has 1 aliphatic rings. The van der Waals surface area contributed by atoms with Crippen molar-refractivity contribution in [3.05, 3.63) is 24.0 Å². The first-order chi connectivity index (χ1) is 7.68. The molecule has 2 rings (SSSR count). The molecule has 0 spiro atoms. The number of hydrogen-bond donors (Lipinski definition) is 2. The number of pyridine rings is 1. The number of rotatable bonds is 1. The zero-order valence-corrected chi connectivity index (χ0v) is 8.97. The Kier molecular flexibility index (Phi) is 3.05. The number of nitrogen functional groups attached to an aromatic ring is 1. The van der Waals surface area contributed by atoms with Crippen LogP contribution in [0.5, 0.6) is 0 Å². The van der Waals surface area contributed by atoms with Gasteiger partial charge in [-0.25, -0.2) is 4.98 Å². The number of nitrogens with two attached hydrogens (primary N) is 1. The minimum atomic E-state index is -0.428. The number of anilines is 1. The highest BCUT2D eigenvalue weighted by molar-refractivity contribution is 5.97. The molecule has 0 aliphatic carbocycles. The average molecular weight is 221 g/mol. The van der Waals surface area contributed by atoms with E-state index in [2.05, 4.69) is 4.98 Å². The Morgan fingerprint density at radius 2 is 2.44 bits per heavy atom. The molecule has 0 aromatic carbocycles. The van der Waals surface area contributed by atoms with E-state index in [1.807, 2.05) is 0 Å². The molecular weight excluding hydrogens is 206 g/mol. The van der Waals surface area contributed by atoms with Crippen molar-refractivity contribution in [1.29, 1.82) is 0 Å². The number of likely N-dealkylation sites (tertiary alicyclic amines) is 1. The molecule has 0 radical (unpaired) electrons. The number of amides is 1. The van der Waals surface area contributed by atoms with Crippen molar-refractivity contribution in [3.8, 4) is 0 Å². The van der Waals surface area contributed by atoms with Gasteiger partial charge in [0.25, 0.3) is 5.91 Å². The molecule has 3 N–H and O–H groups in total. The fourth-order valence-electron chi connectivity index (χ4n) is 1.89. The van der Waals surface area contributed by atoms with Crippen LogP contribution in [0.15, 0.2) is 18.3 Å². The van der Waals surface area contributed by atoms with Gasteiger partial charge in [0, 0.05) is 19.3 Å². The van der Waals surface area contributed by atoms with Crippen LogP contribution >= 0.6 is 0 Å². The summed E-state index contributed by atoms with van der Waals surface area (Å²) in [6.07, 6.45) is 2.69. The highest BCUT2D eigenvalue weighted by Crippen LogP contribution is 2.15. The Hall–Kier alpha value is -1.62. The van der Waals surface area contributed by atoms with Crippen molar-refractivity contribution in [3.63, 3.8) is 0 Å². The summed E-state index contributed by atoms with van der Waals surface area (Å²) in [5, 5.41) is 9.50. The minimum absolute atomic E-state index is 0.197. The van der Waals surface area contributed by atoms with Gasteiger partial charge in [-0.05, 0) is 25.0 Å². The van der Waals surface area contributed by atoms with Crippen LogP contribution in [-0.4, -0.2) is 40.1 Å². The number of aliphatic hydroxyl groups excluding tert-OH is 1. The van der Waals surface area contributed by atoms with E-state index in [1.54, 1.807) is 23.2 Å². The van der Waals surface area contributed by atoms with E-state index in [0.717, 1.165) is 12.8 Å². The van der Waals surface area contributed by atoms with E-state index in [-0.39, 0.29) is 11.6 Å². The van der Waals surface area contributed by atoms with Crippen LogP contribution < -0.4 is 5.73 Å². The van der Waals surface area contributed by atoms with Crippen LogP contribution in [0, 0.1) is 0 Å². The van der Waals surface area contributed by atoms with Crippen LogP contribution in [0.4, 0.5) is 5.69 Å². The zero-order valence-electron chi connectivity index (χ0n) is 8.97. The molecule has 0 saturated carbocycles. The van der Waals surface area contributed by atoms with Crippen molar-refractivity contribution in [2.24, 2.45) is 0 Å². The molecule has 1 unspecified atom stereocenters. The number of carbonyl (C=O) groups excluding carboxylic acids is 1. The third kappa shape index (κ3) is 2.14. The van der Waals surface area contributed by atoms with Gasteiger partial charge in [0.1, 0.15) is 0 Å². The lowest BCUT2D eigenvalue weighted by molar-refractivity contribution is 0.0470. The molecule has 1 amide bonds. The quantitative estimate of drug-likeness (QED) is 0.713. The first kappa shape index (κ1) is 10.9. The van der Waals surface area contributed by atoms with E-state index in [9.17, 15) is 9.90 Å². The van der Waals surface area contributed by atoms with Crippen LogP contribution in [0.2, 0.25) is 0 Å². The summed E-state index contributed by atoms with van der Waals surface area (Å²) in [6.45, 7) is 1.03. The maximum absolute atomic E-state index is 12.0. The van der Waals surface area contributed by atoms with Crippen molar-refractivity contribution in [2.75, 3.05) is 18.8 Å². The predicted octanol–water partition coefficient (Wildman–Crippen LogP) is 0.261. The average Bonchev–Trinajstić information content (AvgIpc) is 2.29. The van der Waals surface area contributed by atoms with Crippen molar-refractivity contribution >= 4 is 11.6 Å². The number of piperidine rings is 1. The summed E-state index contributed by atoms with van der Waals surface area (Å²) >= 11 is 0. The second kappa shape index (κ2) is 4.49. The minimum Gasteiger partial charge on any atom is -0.397 e. The molecule has 16 heavy (non-hydrogen) atoms. The van der Waals surface area contributed by atoms with E-state index >= 15 is 0 Å². The Morgan fingerprint density at radius 1 is 1.62 bits per heavy atom. The summed E-state index contributed by atoms with van der Waals surface area (Å²) in [6, 6.07) is 3.35. The number of aromatic nitrogens is 1. The second-order valence-corrected chi connectivity index (χ2v) is 3.99. The van der Waals surface area contributed by atoms with Gasteiger partial charge in [0.05, 0.1) is 11.8 Å². The lowest BCUT2D eigenvalue weighted by Gasteiger charge is -2.30. The van der Waals surface area contributed by atoms with Gasteiger partial charge in [-0.2, -0.15) is 0 Å².